The lowest BCUT2D eigenvalue weighted by Gasteiger charge is -2.36. The third kappa shape index (κ3) is 3.00. The molecule has 0 aromatic rings. The molecule has 1 N–H and O–H groups in total. The lowest BCUT2D eigenvalue weighted by Crippen LogP contribution is -2.50. The number of Topliss-reactive ketones (excluding diaryl/α,β-unsaturated/α-hetero) is 1. The van der Waals surface area contributed by atoms with Crippen LogP contribution in [0.4, 0.5) is 8.78 Å². The number of carbonyl (C=O) groups is 1. The van der Waals surface area contributed by atoms with Crippen molar-refractivity contribution in [3.63, 3.8) is 0 Å². The molecule has 1 fully saturated rings. The van der Waals surface area contributed by atoms with Gasteiger partial charge in [-0.25, -0.2) is 8.78 Å². The van der Waals surface area contributed by atoms with Crippen LogP contribution in [0.15, 0.2) is 0 Å². The molecular weight excluding hydrogens is 212 g/mol. The monoisotopic (exact) mass is 233 g/mol. The Morgan fingerprint density at radius 2 is 1.94 bits per heavy atom. The molecule has 16 heavy (non-hydrogen) atoms. The lowest BCUT2D eigenvalue weighted by atomic mass is 9.74. The molecule has 0 spiro atoms. The minimum Gasteiger partial charge on any atom is -0.308 e. The summed E-state index contributed by atoms with van der Waals surface area (Å²) in [7, 11) is 0. The van der Waals surface area contributed by atoms with Crippen molar-refractivity contribution < 1.29 is 13.6 Å². The van der Waals surface area contributed by atoms with Gasteiger partial charge in [-0.1, -0.05) is 27.7 Å². The van der Waals surface area contributed by atoms with Crippen molar-refractivity contribution >= 4 is 5.78 Å². The molecule has 0 bridgehead atoms. The van der Waals surface area contributed by atoms with Crippen molar-refractivity contribution in [3.05, 3.63) is 0 Å². The fourth-order valence-electron chi connectivity index (χ4n) is 2.23. The maximum atomic E-state index is 12.5. The van der Waals surface area contributed by atoms with E-state index in [4.69, 9.17) is 0 Å². The van der Waals surface area contributed by atoms with E-state index in [0.717, 1.165) is 0 Å². The predicted molar refractivity (Wildman–Crippen MR) is 59.5 cm³/mol. The zero-order chi connectivity index (χ0) is 12.5. The average Bonchev–Trinajstić information content (AvgIpc) is 2.15. The van der Waals surface area contributed by atoms with E-state index < -0.39 is 17.9 Å². The maximum Gasteiger partial charge on any atom is 0.253 e. The number of carbonyl (C=O) groups excluding carboxylic acids is 1. The molecule has 0 aromatic carbocycles. The topological polar surface area (TPSA) is 29.1 Å². The van der Waals surface area contributed by atoms with E-state index in [2.05, 4.69) is 5.32 Å². The van der Waals surface area contributed by atoms with Gasteiger partial charge in [-0.2, -0.15) is 0 Å². The van der Waals surface area contributed by atoms with E-state index in [-0.39, 0.29) is 17.6 Å². The van der Waals surface area contributed by atoms with Crippen LogP contribution in [-0.4, -0.2) is 24.8 Å². The number of nitrogens with one attached hydrogen (secondary N) is 1. The van der Waals surface area contributed by atoms with Crippen LogP contribution in [-0.2, 0) is 4.79 Å². The number of halogens is 2. The van der Waals surface area contributed by atoms with Crippen molar-refractivity contribution in [2.75, 3.05) is 6.54 Å². The van der Waals surface area contributed by atoms with Crippen molar-refractivity contribution in [1.82, 2.24) is 5.32 Å². The van der Waals surface area contributed by atoms with Gasteiger partial charge < -0.3 is 5.32 Å². The van der Waals surface area contributed by atoms with E-state index in [1.807, 2.05) is 27.7 Å². The highest BCUT2D eigenvalue weighted by atomic mass is 19.3. The normalized spacial score (nSPS) is 31.8. The third-order valence-electron chi connectivity index (χ3n) is 3.29. The molecule has 3 unspecified atom stereocenters. The van der Waals surface area contributed by atoms with Gasteiger partial charge in [0.05, 0.1) is 6.04 Å². The predicted octanol–water partition coefficient (Wildman–Crippen LogP) is 2.48. The molecular formula is C12H21F2NO. The van der Waals surface area contributed by atoms with Crippen LogP contribution in [0.1, 0.15) is 34.1 Å². The number of piperidine rings is 1. The summed E-state index contributed by atoms with van der Waals surface area (Å²) in [5.41, 5.74) is -0.391. The Kier molecular flexibility index (Phi) is 4.05. The number of ketones is 1. The molecule has 2 nitrogen and oxygen atoms in total. The van der Waals surface area contributed by atoms with E-state index in [1.54, 1.807) is 0 Å². The molecule has 0 radical (unpaired) electrons. The molecule has 94 valence electrons. The minimum absolute atomic E-state index is 0.0342. The number of hydrogen-bond acceptors (Lipinski definition) is 2. The molecule has 1 rings (SSSR count). The van der Waals surface area contributed by atoms with Gasteiger partial charge in [-0.3, -0.25) is 4.79 Å². The third-order valence-corrected chi connectivity index (χ3v) is 3.29. The molecule has 0 aromatic heterocycles. The van der Waals surface area contributed by atoms with Gasteiger partial charge in [-0.05, 0) is 12.3 Å². The van der Waals surface area contributed by atoms with Crippen LogP contribution in [0.25, 0.3) is 0 Å². The summed E-state index contributed by atoms with van der Waals surface area (Å²) < 4.78 is 25.0. The van der Waals surface area contributed by atoms with E-state index >= 15 is 0 Å². The first-order valence-electron chi connectivity index (χ1n) is 5.79. The molecule has 1 heterocycles. The second-order valence-corrected chi connectivity index (χ2v) is 5.78. The Bertz CT molecular complexity index is 260. The fourth-order valence-corrected chi connectivity index (χ4v) is 2.23. The first kappa shape index (κ1) is 13.6. The molecule has 1 aliphatic rings. The molecule has 0 saturated carbocycles. The summed E-state index contributed by atoms with van der Waals surface area (Å²) in [6.45, 7) is 7.90. The summed E-state index contributed by atoms with van der Waals surface area (Å²) in [5, 5.41) is 2.78. The van der Waals surface area contributed by atoms with Gasteiger partial charge in [-0.15, -0.1) is 0 Å². The quantitative estimate of drug-likeness (QED) is 0.794. The van der Waals surface area contributed by atoms with Gasteiger partial charge in [0, 0.05) is 17.9 Å². The molecule has 4 heteroatoms. The summed E-state index contributed by atoms with van der Waals surface area (Å²) in [5.74, 6) is 0.0715. The molecule has 1 aliphatic heterocycles. The van der Waals surface area contributed by atoms with Crippen LogP contribution in [0.2, 0.25) is 0 Å². The van der Waals surface area contributed by atoms with Gasteiger partial charge >= 0.3 is 0 Å². The van der Waals surface area contributed by atoms with Gasteiger partial charge in [0.2, 0.25) is 0 Å². The standard InChI is InChI=1S/C12H21F2NO/c1-7-5-9(11(13)14)15-6-8(7)10(16)12(2,3)4/h7-9,11,15H,5-6H2,1-4H3. The Morgan fingerprint density at radius 3 is 2.31 bits per heavy atom. The highest BCUT2D eigenvalue weighted by Crippen LogP contribution is 2.31. The largest absolute Gasteiger partial charge is 0.308 e. The Balaban J connectivity index is 2.64. The number of hydrogen-bond donors (Lipinski definition) is 1. The fraction of sp³-hybridized carbons (Fsp3) is 0.917. The Hall–Kier alpha value is -0.510. The maximum absolute atomic E-state index is 12.5. The average molecular weight is 233 g/mol. The first-order valence-corrected chi connectivity index (χ1v) is 5.79. The van der Waals surface area contributed by atoms with Crippen LogP contribution in [0.5, 0.6) is 0 Å². The highest BCUT2D eigenvalue weighted by Gasteiger charge is 2.38. The highest BCUT2D eigenvalue weighted by molar-refractivity contribution is 5.86. The number of alkyl halides is 2. The number of rotatable bonds is 2. The van der Waals surface area contributed by atoms with Crippen LogP contribution in [0, 0.1) is 17.3 Å². The van der Waals surface area contributed by atoms with Crippen molar-refractivity contribution in [2.24, 2.45) is 17.3 Å². The minimum atomic E-state index is -2.34. The summed E-state index contributed by atoms with van der Waals surface area (Å²) >= 11 is 0. The molecule has 0 aliphatic carbocycles. The van der Waals surface area contributed by atoms with Crippen molar-refractivity contribution in [2.45, 2.75) is 46.6 Å². The second kappa shape index (κ2) is 4.78. The molecule has 3 atom stereocenters. The summed E-state index contributed by atoms with van der Waals surface area (Å²) in [6, 6.07) is -0.751. The van der Waals surface area contributed by atoms with Crippen molar-refractivity contribution in [3.8, 4) is 0 Å². The first-order chi connectivity index (χ1) is 7.23. The van der Waals surface area contributed by atoms with Crippen LogP contribution >= 0.6 is 0 Å². The zero-order valence-electron chi connectivity index (χ0n) is 10.4. The van der Waals surface area contributed by atoms with Gasteiger partial charge in [0.15, 0.2) is 0 Å². The van der Waals surface area contributed by atoms with Crippen LogP contribution in [0.3, 0.4) is 0 Å². The summed E-state index contributed by atoms with van der Waals surface area (Å²) in [6.07, 6.45) is -1.96. The lowest BCUT2D eigenvalue weighted by molar-refractivity contribution is -0.133. The van der Waals surface area contributed by atoms with Gasteiger partial charge in [0.25, 0.3) is 6.43 Å². The van der Waals surface area contributed by atoms with E-state index in [9.17, 15) is 13.6 Å². The zero-order valence-corrected chi connectivity index (χ0v) is 10.4. The SMILES string of the molecule is CC1CC(C(F)F)NCC1C(=O)C(C)(C)C. The van der Waals surface area contributed by atoms with E-state index in [0.29, 0.717) is 13.0 Å². The second-order valence-electron chi connectivity index (χ2n) is 5.78. The van der Waals surface area contributed by atoms with Crippen LogP contribution < -0.4 is 5.32 Å². The van der Waals surface area contributed by atoms with Crippen molar-refractivity contribution in [1.29, 1.82) is 0 Å². The Morgan fingerprint density at radius 1 is 1.38 bits per heavy atom. The molecule has 0 amide bonds. The Labute approximate surface area is 95.8 Å². The van der Waals surface area contributed by atoms with Gasteiger partial charge in [0.1, 0.15) is 5.78 Å². The smallest absolute Gasteiger partial charge is 0.253 e. The summed E-state index contributed by atoms with van der Waals surface area (Å²) in [4.78, 5) is 12.1. The van der Waals surface area contributed by atoms with E-state index in [1.165, 1.54) is 0 Å². The molecule has 1 saturated heterocycles.